The summed E-state index contributed by atoms with van der Waals surface area (Å²) in [6.45, 7) is 12.7. The van der Waals surface area contributed by atoms with Gasteiger partial charge in [-0.3, -0.25) is 4.90 Å². The Morgan fingerprint density at radius 1 is 1.15 bits per heavy atom. The fraction of sp³-hybridized carbons (Fsp3) is 0.600. The number of nitroso groups, excluding NO2 is 1. The van der Waals surface area contributed by atoms with E-state index >= 15 is 0 Å². The molecule has 0 amide bonds. The molecular weight excluding hydrogens is 328 g/mol. The Kier molecular flexibility index (Phi) is 5.94. The summed E-state index contributed by atoms with van der Waals surface area (Å²) < 4.78 is 5.37. The summed E-state index contributed by atoms with van der Waals surface area (Å²) >= 11 is 0. The molecule has 1 aromatic rings. The van der Waals surface area contributed by atoms with E-state index in [0.717, 1.165) is 55.8 Å². The molecule has 0 radical (unpaired) electrons. The highest BCUT2D eigenvalue weighted by Crippen LogP contribution is 2.39. The number of nitrogens with zero attached hydrogens (tertiary/aromatic N) is 4. The van der Waals surface area contributed by atoms with Crippen LogP contribution in [0.25, 0.3) is 5.57 Å². The minimum absolute atomic E-state index is 0.335. The maximum Gasteiger partial charge on any atom is 0.150 e. The highest BCUT2D eigenvalue weighted by Gasteiger charge is 2.28. The lowest BCUT2D eigenvalue weighted by molar-refractivity contribution is 0.0982. The van der Waals surface area contributed by atoms with Crippen molar-refractivity contribution in [3.05, 3.63) is 29.2 Å². The van der Waals surface area contributed by atoms with Gasteiger partial charge in [-0.05, 0) is 43.6 Å². The second-order valence-electron chi connectivity index (χ2n) is 7.47. The predicted octanol–water partition coefficient (Wildman–Crippen LogP) is 3.34. The summed E-state index contributed by atoms with van der Waals surface area (Å²) in [6.07, 6.45) is 2.32. The van der Waals surface area contributed by atoms with Crippen molar-refractivity contribution in [1.82, 2.24) is 9.80 Å². The molecule has 142 valence electrons. The first kappa shape index (κ1) is 18.9. The predicted molar refractivity (Wildman–Crippen MR) is 107 cm³/mol. The van der Waals surface area contributed by atoms with Gasteiger partial charge in [0.2, 0.25) is 0 Å². The van der Waals surface area contributed by atoms with Gasteiger partial charge in [-0.1, -0.05) is 6.58 Å². The van der Waals surface area contributed by atoms with Crippen molar-refractivity contribution >= 4 is 16.9 Å². The number of ether oxygens (including phenoxy) is 1. The fourth-order valence-electron chi connectivity index (χ4n) is 4.05. The summed E-state index contributed by atoms with van der Waals surface area (Å²) in [6, 6.07) is 4.42. The quantitative estimate of drug-likeness (QED) is 0.756. The molecule has 2 heterocycles. The summed E-state index contributed by atoms with van der Waals surface area (Å²) in [7, 11) is 3.78. The fourth-order valence-corrected chi connectivity index (χ4v) is 4.05. The molecule has 0 N–H and O–H groups in total. The van der Waals surface area contributed by atoms with Gasteiger partial charge in [0.05, 0.1) is 7.11 Å². The van der Waals surface area contributed by atoms with Crippen LogP contribution < -0.4 is 9.64 Å². The van der Waals surface area contributed by atoms with Crippen LogP contribution in [0.3, 0.4) is 0 Å². The lowest BCUT2D eigenvalue weighted by Gasteiger charge is -2.43. The van der Waals surface area contributed by atoms with E-state index in [1.54, 1.807) is 13.2 Å². The maximum atomic E-state index is 11.1. The van der Waals surface area contributed by atoms with Crippen LogP contribution in [0.1, 0.15) is 25.3 Å². The molecule has 3 rings (SSSR count). The van der Waals surface area contributed by atoms with E-state index in [1.807, 2.05) is 13.0 Å². The zero-order valence-electron chi connectivity index (χ0n) is 16.2. The zero-order chi connectivity index (χ0) is 18.7. The number of benzene rings is 1. The van der Waals surface area contributed by atoms with Crippen molar-refractivity contribution in [3.8, 4) is 5.75 Å². The van der Waals surface area contributed by atoms with E-state index < -0.39 is 0 Å². The minimum atomic E-state index is 0.335. The molecule has 0 saturated carbocycles. The van der Waals surface area contributed by atoms with Crippen molar-refractivity contribution in [3.63, 3.8) is 0 Å². The highest BCUT2D eigenvalue weighted by molar-refractivity contribution is 5.80. The molecule has 0 unspecified atom stereocenters. The van der Waals surface area contributed by atoms with Gasteiger partial charge in [-0.25, -0.2) is 0 Å². The third kappa shape index (κ3) is 3.91. The summed E-state index contributed by atoms with van der Waals surface area (Å²) in [4.78, 5) is 18.6. The average molecular weight is 358 g/mol. The van der Waals surface area contributed by atoms with E-state index in [0.29, 0.717) is 17.5 Å². The van der Waals surface area contributed by atoms with Crippen LogP contribution in [0.2, 0.25) is 0 Å². The molecule has 0 spiro atoms. The van der Waals surface area contributed by atoms with Crippen LogP contribution in [0, 0.1) is 4.91 Å². The number of methoxy groups -OCH3 is 1. The smallest absolute Gasteiger partial charge is 0.150 e. The van der Waals surface area contributed by atoms with E-state index in [1.165, 1.54) is 13.1 Å². The van der Waals surface area contributed by atoms with E-state index in [9.17, 15) is 4.91 Å². The highest BCUT2D eigenvalue weighted by atomic mass is 16.5. The molecule has 1 aromatic carbocycles. The van der Waals surface area contributed by atoms with Gasteiger partial charge in [0.25, 0.3) is 0 Å². The molecule has 26 heavy (non-hydrogen) atoms. The van der Waals surface area contributed by atoms with Crippen molar-refractivity contribution in [1.29, 1.82) is 0 Å². The average Bonchev–Trinajstić information content (AvgIpc) is 2.67. The second-order valence-corrected chi connectivity index (χ2v) is 7.47. The first-order chi connectivity index (χ1) is 12.5. The Morgan fingerprint density at radius 3 is 2.35 bits per heavy atom. The molecular formula is C20H30N4O2. The van der Waals surface area contributed by atoms with Gasteiger partial charge in [-0.15, -0.1) is 4.91 Å². The van der Waals surface area contributed by atoms with E-state index in [4.69, 9.17) is 4.74 Å². The van der Waals surface area contributed by atoms with Gasteiger partial charge in [0.15, 0.2) is 5.69 Å². The first-order valence-electron chi connectivity index (χ1n) is 9.42. The van der Waals surface area contributed by atoms with Crippen LogP contribution in [0.5, 0.6) is 5.75 Å². The Balaban J connectivity index is 1.74. The summed E-state index contributed by atoms with van der Waals surface area (Å²) in [5, 5.41) is 3.10. The SMILES string of the molecule is C=C(C)c1cc(N=O)c(OC)cc1N1CCC(N2CCN(C)CC2)CC1. The minimum Gasteiger partial charge on any atom is -0.494 e. The van der Waals surface area contributed by atoms with Gasteiger partial charge in [0, 0.05) is 62.6 Å². The van der Waals surface area contributed by atoms with Crippen LogP contribution in [0.15, 0.2) is 23.9 Å². The normalized spacial score (nSPS) is 20.2. The third-order valence-corrected chi connectivity index (χ3v) is 5.71. The lowest BCUT2D eigenvalue weighted by Crippen LogP contribution is -2.52. The number of anilines is 1. The molecule has 2 fully saturated rings. The van der Waals surface area contributed by atoms with Crippen molar-refractivity contribution in [2.75, 3.05) is 58.3 Å². The van der Waals surface area contributed by atoms with E-state index in [2.05, 4.69) is 33.5 Å². The molecule has 0 aromatic heterocycles. The number of piperidine rings is 1. The maximum absolute atomic E-state index is 11.1. The van der Waals surface area contributed by atoms with Gasteiger partial charge >= 0.3 is 0 Å². The number of rotatable bonds is 5. The van der Waals surface area contributed by atoms with E-state index in [-0.39, 0.29) is 0 Å². The Hall–Kier alpha value is -1.92. The van der Waals surface area contributed by atoms with Crippen LogP contribution in [0.4, 0.5) is 11.4 Å². The molecule has 0 aliphatic carbocycles. The summed E-state index contributed by atoms with van der Waals surface area (Å²) in [5.74, 6) is 0.529. The molecule has 0 bridgehead atoms. The molecule has 2 aliphatic rings. The standard InChI is InChI=1S/C20H30N4O2/c1-15(2)17-13-18(21-25)20(26-4)14-19(17)24-7-5-16(6-8-24)23-11-9-22(3)10-12-23/h13-14,16H,1,5-12H2,2-4H3. The van der Waals surface area contributed by atoms with Crippen LogP contribution in [-0.4, -0.2) is 69.3 Å². The van der Waals surface area contributed by atoms with Gasteiger partial charge < -0.3 is 14.5 Å². The molecule has 2 saturated heterocycles. The van der Waals surface area contributed by atoms with Crippen molar-refractivity contribution in [2.24, 2.45) is 5.18 Å². The molecule has 6 nitrogen and oxygen atoms in total. The Morgan fingerprint density at radius 2 is 1.81 bits per heavy atom. The van der Waals surface area contributed by atoms with Crippen molar-refractivity contribution < 1.29 is 4.74 Å². The van der Waals surface area contributed by atoms with Crippen molar-refractivity contribution in [2.45, 2.75) is 25.8 Å². The number of allylic oxidation sites excluding steroid dienone is 1. The Labute approximate surface area is 156 Å². The van der Waals surface area contributed by atoms with Gasteiger partial charge in [0.1, 0.15) is 5.75 Å². The second kappa shape index (κ2) is 8.18. The molecule has 6 heteroatoms. The topological polar surface area (TPSA) is 48.4 Å². The third-order valence-electron chi connectivity index (χ3n) is 5.71. The number of likely N-dealkylation sites (N-methyl/N-ethyl adjacent to an activating group) is 1. The molecule has 0 atom stereocenters. The zero-order valence-corrected chi connectivity index (χ0v) is 16.2. The summed E-state index contributed by atoms with van der Waals surface area (Å²) in [5.41, 5.74) is 3.35. The lowest BCUT2D eigenvalue weighted by atomic mass is 9.98. The molecule has 2 aliphatic heterocycles. The number of hydrogen-bond donors (Lipinski definition) is 0. The van der Waals surface area contributed by atoms with Gasteiger partial charge in [-0.2, -0.15) is 0 Å². The first-order valence-corrected chi connectivity index (χ1v) is 9.42. The van der Waals surface area contributed by atoms with Crippen LogP contribution >= 0.6 is 0 Å². The van der Waals surface area contributed by atoms with Crippen LogP contribution in [-0.2, 0) is 0 Å². The number of piperazine rings is 1. The largest absolute Gasteiger partial charge is 0.494 e. The Bertz CT molecular complexity index is 660. The monoisotopic (exact) mass is 358 g/mol. The number of hydrogen-bond acceptors (Lipinski definition) is 6.